The summed E-state index contributed by atoms with van der Waals surface area (Å²) in [6.07, 6.45) is 1.03. The highest BCUT2D eigenvalue weighted by atomic mass is 16.5. The molecule has 0 aromatic heterocycles. The predicted molar refractivity (Wildman–Crippen MR) is 78.0 cm³/mol. The van der Waals surface area contributed by atoms with Crippen molar-refractivity contribution in [2.24, 2.45) is 0 Å². The molecule has 0 aliphatic rings. The molecule has 0 radical (unpaired) electrons. The maximum Gasteiger partial charge on any atom is 0.305 e. The van der Waals surface area contributed by atoms with E-state index in [1.165, 1.54) is 12.7 Å². The first kappa shape index (κ1) is 14.1. The summed E-state index contributed by atoms with van der Waals surface area (Å²) in [6, 6.07) is 15.7. The average Bonchev–Trinajstić information content (AvgIpc) is 2.47. The number of hydrogen-bond donors (Lipinski definition) is 0. The highest BCUT2D eigenvalue weighted by Crippen LogP contribution is 2.23. The van der Waals surface area contributed by atoms with Crippen LogP contribution >= 0.6 is 0 Å². The van der Waals surface area contributed by atoms with Crippen LogP contribution < -0.4 is 4.74 Å². The first-order chi connectivity index (χ1) is 9.67. The van der Waals surface area contributed by atoms with Crippen molar-refractivity contribution in [1.29, 1.82) is 0 Å². The van der Waals surface area contributed by atoms with E-state index in [1.807, 2.05) is 55.5 Å². The van der Waals surface area contributed by atoms with Crippen LogP contribution in [-0.4, -0.2) is 13.1 Å². The first-order valence-electron chi connectivity index (χ1n) is 6.57. The van der Waals surface area contributed by atoms with Crippen LogP contribution in [0, 0.1) is 6.92 Å². The van der Waals surface area contributed by atoms with Crippen molar-refractivity contribution in [3.63, 3.8) is 0 Å². The van der Waals surface area contributed by atoms with Crippen molar-refractivity contribution in [2.75, 3.05) is 7.11 Å². The van der Waals surface area contributed by atoms with E-state index in [2.05, 4.69) is 4.74 Å². The molecule has 0 saturated heterocycles. The molecule has 0 fully saturated rings. The number of ether oxygens (including phenoxy) is 2. The molecular weight excluding hydrogens is 252 g/mol. The van der Waals surface area contributed by atoms with Gasteiger partial charge in [0.2, 0.25) is 0 Å². The molecule has 0 aliphatic carbocycles. The molecule has 0 heterocycles. The maximum absolute atomic E-state index is 11.1. The molecule has 0 N–H and O–H groups in total. The van der Waals surface area contributed by atoms with Gasteiger partial charge in [0.05, 0.1) is 7.11 Å². The van der Waals surface area contributed by atoms with Gasteiger partial charge in [0.1, 0.15) is 11.5 Å². The minimum atomic E-state index is -0.199. The molecule has 2 rings (SSSR count). The van der Waals surface area contributed by atoms with Crippen LogP contribution in [0.15, 0.2) is 48.5 Å². The Kier molecular flexibility index (Phi) is 4.77. The van der Waals surface area contributed by atoms with Gasteiger partial charge >= 0.3 is 5.97 Å². The summed E-state index contributed by atoms with van der Waals surface area (Å²) in [7, 11) is 1.40. The predicted octanol–water partition coefficient (Wildman–Crippen LogP) is 3.89. The fourth-order valence-electron chi connectivity index (χ4n) is 1.86. The van der Waals surface area contributed by atoms with Crippen LogP contribution in [0.2, 0.25) is 0 Å². The van der Waals surface area contributed by atoms with E-state index in [0.717, 1.165) is 17.1 Å². The number of methoxy groups -OCH3 is 1. The zero-order chi connectivity index (χ0) is 14.4. The minimum absolute atomic E-state index is 0.199. The van der Waals surface area contributed by atoms with Gasteiger partial charge in [0, 0.05) is 6.42 Å². The summed E-state index contributed by atoms with van der Waals surface area (Å²) in [6.45, 7) is 2.04. The zero-order valence-corrected chi connectivity index (χ0v) is 11.8. The van der Waals surface area contributed by atoms with E-state index >= 15 is 0 Å². The molecule has 2 aromatic rings. The van der Waals surface area contributed by atoms with Crippen molar-refractivity contribution in [3.05, 3.63) is 59.7 Å². The largest absolute Gasteiger partial charge is 0.469 e. The van der Waals surface area contributed by atoms with Crippen LogP contribution in [-0.2, 0) is 16.0 Å². The topological polar surface area (TPSA) is 35.5 Å². The number of esters is 1. The number of rotatable bonds is 5. The van der Waals surface area contributed by atoms with E-state index in [-0.39, 0.29) is 5.97 Å². The monoisotopic (exact) mass is 270 g/mol. The number of carbonyl (C=O) groups excluding carboxylic acids is 1. The van der Waals surface area contributed by atoms with Gasteiger partial charge in [-0.25, -0.2) is 0 Å². The van der Waals surface area contributed by atoms with Crippen LogP contribution in [0.1, 0.15) is 17.5 Å². The van der Waals surface area contributed by atoms with Crippen molar-refractivity contribution in [1.82, 2.24) is 0 Å². The molecule has 0 unspecified atom stereocenters. The van der Waals surface area contributed by atoms with E-state index in [1.54, 1.807) is 0 Å². The third-order valence-electron chi connectivity index (χ3n) is 3.00. The third-order valence-corrected chi connectivity index (χ3v) is 3.00. The van der Waals surface area contributed by atoms with E-state index < -0.39 is 0 Å². The second-order valence-corrected chi connectivity index (χ2v) is 4.64. The fourth-order valence-corrected chi connectivity index (χ4v) is 1.86. The van der Waals surface area contributed by atoms with Gasteiger partial charge in [0.15, 0.2) is 0 Å². The van der Waals surface area contributed by atoms with Gasteiger partial charge in [-0.05, 0) is 43.2 Å². The summed E-state index contributed by atoms with van der Waals surface area (Å²) in [5, 5.41) is 0. The molecule has 0 atom stereocenters. The van der Waals surface area contributed by atoms with E-state index in [4.69, 9.17) is 4.74 Å². The molecule has 104 valence electrons. The molecule has 3 nitrogen and oxygen atoms in total. The lowest BCUT2D eigenvalue weighted by molar-refractivity contribution is -0.140. The number of carbonyl (C=O) groups is 1. The molecule has 2 aromatic carbocycles. The van der Waals surface area contributed by atoms with Crippen molar-refractivity contribution >= 4 is 5.97 Å². The van der Waals surface area contributed by atoms with Crippen molar-refractivity contribution in [3.8, 4) is 11.5 Å². The Balaban J connectivity index is 2.02. The Hall–Kier alpha value is -2.29. The van der Waals surface area contributed by atoms with Gasteiger partial charge in [0.25, 0.3) is 0 Å². The number of benzene rings is 2. The quantitative estimate of drug-likeness (QED) is 0.773. The number of aryl methyl sites for hydroxylation is 2. The molecule has 0 saturated carbocycles. The van der Waals surface area contributed by atoms with Gasteiger partial charge < -0.3 is 9.47 Å². The molecule has 0 spiro atoms. The molecule has 0 bridgehead atoms. The molecule has 0 aliphatic heterocycles. The van der Waals surface area contributed by atoms with Gasteiger partial charge in [-0.1, -0.05) is 29.8 Å². The third kappa shape index (κ3) is 4.12. The fraction of sp³-hybridized carbons (Fsp3) is 0.235. The van der Waals surface area contributed by atoms with Gasteiger partial charge in [-0.2, -0.15) is 0 Å². The normalized spacial score (nSPS) is 10.1. The highest BCUT2D eigenvalue weighted by Gasteiger charge is 2.03. The molecule has 0 amide bonds. The van der Waals surface area contributed by atoms with E-state index in [9.17, 15) is 4.79 Å². The zero-order valence-electron chi connectivity index (χ0n) is 11.8. The smallest absolute Gasteiger partial charge is 0.305 e. The Bertz CT molecular complexity index is 573. The SMILES string of the molecule is COC(=O)CCc1cccc(Oc2ccc(C)cc2)c1. The lowest BCUT2D eigenvalue weighted by Gasteiger charge is -2.08. The summed E-state index contributed by atoms with van der Waals surface area (Å²) in [4.78, 5) is 11.1. The maximum atomic E-state index is 11.1. The minimum Gasteiger partial charge on any atom is -0.469 e. The summed E-state index contributed by atoms with van der Waals surface area (Å²) in [5.74, 6) is 1.38. The lowest BCUT2D eigenvalue weighted by atomic mass is 10.1. The van der Waals surface area contributed by atoms with Crippen LogP contribution in [0.3, 0.4) is 0 Å². The molecule has 3 heteroatoms. The Morgan fingerprint density at radius 3 is 2.50 bits per heavy atom. The highest BCUT2D eigenvalue weighted by molar-refractivity contribution is 5.69. The summed E-state index contributed by atoms with van der Waals surface area (Å²) in [5.41, 5.74) is 2.25. The summed E-state index contributed by atoms with van der Waals surface area (Å²) < 4.78 is 10.4. The lowest BCUT2D eigenvalue weighted by Crippen LogP contribution is -2.01. The average molecular weight is 270 g/mol. The van der Waals surface area contributed by atoms with E-state index in [0.29, 0.717) is 12.8 Å². The van der Waals surface area contributed by atoms with Crippen molar-refractivity contribution < 1.29 is 14.3 Å². The Labute approximate surface area is 119 Å². The van der Waals surface area contributed by atoms with Gasteiger partial charge in [-0.15, -0.1) is 0 Å². The van der Waals surface area contributed by atoms with Crippen LogP contribution in [0.4, 0.5) is 0 Å². The Morgan fingerprint density at radius 1 is 1.05 bits per heavy atom. The van der Waals surface area contributed by atoms with Crippen LogP contribution in [0.5, 0.6) is 11.5 Å². The summed E-state index contributed by atoms with van der Waals surface area (Å²) >= 11 is 0. The van der Waals surface area contributed by atoms with Gasteiger partial charge in [-0.3, -0.25) is 4.79 Å². The molecule has 20 heavy (non-hydrogen) atoms. The van der Waals surface area contributed by atoms with Crippen molar-refractivity contribution in [2.45, 2.75) is 19.8 Å². The first-order valence-corrected chi connectivity index (χ1v) is 6.57. The second kappa shape index (κ2) is 6.75. The Morgan fingerprint density at radius 2 is 1.80 bits per heavy atom. The molecular formula is C17H18O3. The second-order valence-electron chi connectivity index (χ2n) is 4.64. The standard InChI is InChI=1S/C17H18O3/c1-13-6-9-15(10-7-13)20-16-5-3-4-14(12-16)8-11-17(18)19-2/h3-7,9-10,12H,8,11H2,1-2H3. The van der Waals surface area contributed by atoms with Crippen LogP contribution in [0.25, 0.3) is 0 Å². The number of hydrogen-bond acceptors (Lipinski definition) is 3.